The fourth-order valence-corrected chi connectivity index (χ4v) is 4.22. The second kappa shape index (κ2) is 7.99. The zero-order valence-electron chi connectivity index (χ0n) is 14.5. The molecule has 1 atom stereocenters. The number of likely N-dealkylation sites (tertiary alicyclic amines) is 2. The third-order valence-corrected chi connectivity index (χ3v) is 5.38. The van der Waals surface area contributed by atoms with E-state index in [1.807, 2.05) is 0 Å². The Kier molecular flexibility index (Phi) is 5.75. The van der Waals surface area contributed by atoms with E-state index in [0.29, 0.717) is 0 Å². The highest BCUT2D eigenvalue weighted by molar-refractivity contribution is 5.28. The average Bonchev–Trinajstić information content (AvgIpc) is 2.98. The number of nitriles is 1. The van der Waals surface area contributed by atoms with Gasteiger partial charge in [-0.1, -0.05) is 6.42 Å². The molecule has 2 saturated heterocycles. The van der Waals surface area contributed by atoms with Crippen LogP contribution in [0.2, 0.25) is 0 Å². The van der Waals surface area contributed by atoms with E-state index in [9.17, 15) is 5.26 Å². The smallest absolute Gasteiger partial charge is 0.120 e. The topological polar surface area (TPSA) is 35.2 Å². The van der Waals surface area contributed by atoms with E-state index >= 15 is 0 Å². The first-order valence-electron chi connectivity index (χ1n) is 9.32. The van der Waals surface area contributed by atoms with Gasteiger partial charge in [0.1, 0.15) is 11.8 Å². The first-order valence-corrected chi connectivity index (χ1v) is 9.32. The van der Waals surface area contributed by atoms with Crippen molar-refractivity contribution in [1.29, 1.82) is 5.26 Å². The molecule has 0 N–H and O–H groups in total. The van der Waals surface area contributed by atoms with E-state index in [0.717, 1.165) is 24.7 Å². The summed E-state index contributed by atoms with van der Waals surface area (Å²) in [6.45, 7) is 10.3. The normalized spacial score (nSPS) is 23.7. The molecule has 0 amide bonds. The van der Waals surface area contributed by atoms with Gasteiger partial charge in [0.15, 0.2) is 0 Å². The SMILES string of the molecule is CCn1cc(CN2CCC[C@@H](CN3CCCCC3)C2)cc1C#N. The number of rotatable bonds is 5. The Morgan fingerprint density at radius 2 is 1.91 bits per heavy atom. The van der Waals surface area contributed by atoms with Crippen LogP contribution in [0.15, 0.2) is 12.3 Å². The van der Waals surface area contributed by atoms with E-state index < -0.39 is 0 Å². The van der Waals surface area contributed by atoms with Crippen LogP contribution < -0.4 is 0 Å². The van der Waals surface area contributed by atoms with Crippen molar-refractivity contribution in [3.8, 4) is 6.07 Å². The molecule has 2 aliphatic rings. The Labute approximate surface area is 140 Å². The van der Waals surface area contributed by atoms with Gasteiger partial charge in [-0.25, -0.2) is 0 Å². The Hall–Kier alpha value is -1.31. The van der Waals surface area contributed by atoms with Gasteiger partial charge >= 0.3 is 0 Å². The van der Waals surface area contributed by atoms with Crippen LogP contribution in [-0.4, -0.2) is 47.1 Å². The quantitative estimate of drug-likeness (QED) is 0.838. The minimum Gasteiger partial charge on any atom is -0.339 e. The van der Waals surface area contributed by atoms with Crippen LogP contribution in [-0.2, 0) is 13.1 Å². The molecule has 3 heterocycles. The zero-order chi connectivity index (χ0) is 16.1. The van der Waals surface area contributed by atoms with Crippen LogP contribution in [0.4, 0.5) is 0 Å². The number of hydrogen-bond donors (Lipinski definition) is 0. The molecule has 3 rings (SSSR count). The van der Waals surface area contributed by atoms with Crippen molar-refractivity contribution in [1.82, 2.24) is 14.4 Å². The minimum absolute atomic E-state index is 0.796. The first kappa shape index (κ1) is 16.5. The summed E-state index contributed by atoms with van der Waals surface area (Å²) in [6, 6.07) is 4.37. The summed E-state index contributed by atoms with van der Waals surface area (Å²) >= 11 is 0. The minimum atomic E-state index is 0.796. The summed E-state index contributed by atoms with van der Waals surface area (Å²) in [7, 11) is 0. The lowest BCUT2D eigenvalue weighted by molar-refractivity contribution is 0.118. The lowest BCUT2D eigenvalue weighted by atomic mass is 9.96. The third kappa shape index (κ3) is 4.37. The van der Waals surface area contributed by atoms with E-state index in [1.54, 1.807) is 0 Å². The predicted octanol–water partition coefficient (Wildman–Crippen LogP) is 3.08. The highest BCUT2D eigenvalue weighted by atomic mass is 15.2. The first-order chi connectivity index (χ1) is 11.3. The molecular weight excluding hydrogens is 284 g/mol. The fraction of sp³-hybridized carbons (Fsp3) is 0.737. The molecule has 0 aromatic carbocycles. The summed E-state index contributed by atoms with van der Waals surface area (Å²) in [5.41, 5.74) is 2.09. The van der Waals surface area contributed by atoms with Gasteiger partial charge in [0.2, 0.25) is 0 Å². The summed E-state index contributed by atoms with van der Waals surface area (Å²) in [4.78, 5) is 5.27. The molecule has 4 heteroatoms. The summed E-state index contributed by atoms with van der Waals surface area (Å²) in [6.07, 6.45) is 9.05. The molecule has 0 saturated carbocycles. The van der Waals surface area contributed by atoms with Crippen molar-refractivity contribution in [3.05, 3.63) is 23.5 Å². The van der Waals surface area contributed by atoms with Gasteiger partial charge in [-0.3, -0.25) is 4.90 Å². The van der Waals surface area contributed by atoms with Crippen LogP contribution >= 0.6 is 0 Å². The number of hydrogen-bond acceptors (Lipinski definition) is 3. The van der Waals surface area contributed by atoms with Crippen LogP contribution in [0.25, 0.3) is 0 Å². The lowest BCUT2D eigenvalue weighted by Gasteiger charge is -2.36. The monoisotopic (exact) mass is 314 g/mol. The summed E-state index contributed by atoms with van der Waals surface area (Å²) in [5.74, 6) is 0.825. The van der Waals surface area contributed by atoms with Crippen molar-refractivity contribution < 1.29 is 0 Å². The zero-order valence-corrected chi connectivity index (χ0v) is 14.5. The molecule has 23 heavy (non-hydrogen) atoms. The number of piperidine rings is 2. The Morgan fingerprint density at radius 3 is 2.61 bits per heavy atom. The maximum Gasteiger partial charge on any atom is 0.120 e. The standard InChI is InChI=1S/C19H30N4/c1-2-23-16-18(11-19(23)12-20)15-22-10-6-7-17(14-22)13-21-8-4-3-5-9-21/h11,16-17H,2-10,13-15H2,1H3/t17-/m0/s1. The number of aromatic nitrogens is 1. The van der Waals surface area contributed by atoms with E-state index in [1.165, 1.54) is 70.4 Å². The van der Waals surface area contributed by atoms with Gasteiger partial charge in [0, 0.05) is 32.4 Å². The largest absolute Gasteiger partial charge is 0.339 e. The fourth-order valence-electron chi connectivity index (χ4n) is 4.22. The van der Waals surface area contributed by atoms with Crippen LogP contribution in [0, 0.1) is 17.2 Å². The van der Waals surface area contributed by atoms with Crippen molar-refractivity contribution in [2.75, 3.05) is 32.7 Å². The van der Waals surface area contributed by atoms with Crippen molar-refractivity contribution >= 4 is 0 Å². The van der Waals surface area contributed by atoms with E-state index in [2.05, 4.69) is 39.6 Å². The maximum atomic E-state index is 9.20. The van der Waals surface area contributed by atoms with E-state index in [-0.39, 0.29) is 0 Å². The molecule has 4 nitrogen and oxygen atoms in total. The van der Waals surface area contributed by atoms with Crippen LogP contribution in [0.1, 0.15) is 50.3 Å². The molecule has 1 aromatic heterocycles. The van der Waals surface area contributed by atoms with Crippen LogP contribution in [0.5, 0.6) is 0 Å². The molecule has 0 unspecified atom stereocenters. The molecular formula is C19H30N4. The Bertz CT molecular complexity index is 536. The summed E-state index contributed by atoms with van der Waals surface area (Å²) in [5, 5.41) is 9.20. The van der Waals surface area contributed by atoms with Gasteiger partial charge in [-0.05, 0) is 69.8 Å². The molecule has 0 spiro atoms. The average molecular weight is 314 g/mol. The van der Waals surface area contributed by atoms with Crippen molar-refractivity contribution in [3.63, 3.8) is 0 Å². The molecule has 1 aromatic rings. The van der Waals surface area contributed by atoms with Crippen LogP contribution in [0.3, 0.4) is 0 Å². The molecule has 2 aliphatic heterocycles. The molecule has 126 valence electrons. The maximum absolute atomic E-state index is 9.20. The van der Waals surface area contributed by atoms with Gasteiger partial charge in [0.05, 0.1) is 0 Å². The van der Waals surface area contributed by atoms with Gasteiger partial charge in [-0.15, -0.1) is 0 Å². The number of nitrogens with zero attached hydrogens (tertiary/aromatic N) is 4. The molecule has 0 radical (unpaired) electrons. The second-order valence-electron chi connectivity index (χ2n) is 7.24. The third-order valence-electron chi connectivity index (χ3n) is 5.38. The lowest BCUT2D eigenvalue weighted by Crippen LogP contribution is -2.42. The van der Waals surface area contributed by atoms with Gasteiger partial charge < -0.3 is 9.47 Å². The molecule has 0 aliphatic carbocycles. The number of aryl methyl sites for hydroxylation is 1. The van der Waals surface area contributed by atoms with Crippen molar-refractivity contribution in [2.45, 2.75) is 52.1 Å². The molecule has 2 fully saturated rings. The Balaban J connectivity index is 1.54. The Morgan fingerprint density at radius 1 is 1.13 bits per heavy atom. The molecule has 0 bridgehead atoms. The predicted molar refractivity (Wildman–Crippen MR) is 93.1 cm³/mol. The highest BCUT2D eigenvalue weighted by Gasteiger charge is 2.23. The highest BCUT2D eigenvalue weighted by Crippen LogP contribution is 2.22. The van der Waals surface area contributed by atoms with Gasteiger partial charge in [0.25, 0.3) is 0 Å². The second-order valence-corrected chi connectivity index (χ2v) is 7.24. The van der Waals surface area contributed by atoms with Gasteiger partial charge in [-0.2, -0.15) is 5.26 Å². The van der Waals surface area contributed by atoms with E-state index in [4.69, 9.17) is 0 Å². The summed E-state index contributed by atoms with van der Waals surface area (Å²) < 4.78 is 2.06. The van der Waals surface area contributed by atoms with Crippen molar-refractivity contribution in [2.24, 2.45) is 5.92 Å².